The minimum absolute atomic E-state index is 0.259. The summed E-state index contributed by atoms with van der Waals surface area (Å²) in [6, 6.07) is 6.40. The average molecular weight is 415 g/mol. The third-order valence-corrected chi connectivity index (χ3v) is 5.31. The van der Waals surface area contributed by atoms with E-state index in [0.717, 1.165) is 38.3 Å². The first kappa shape index (κ1) is 21.9. The Bertz CT molecular complexity index is 815. The number of carbonyl (C=O) groups is 2. The molecule has 8 nitrogen and oxygen atoms in total. The standard InChI is InChI=1S/C22H30N4O4/c1-4-9-25-10-12-26(13-11-25)15-18-19(21(27)30-5-2)20(24-22(28)23-18)16-7-6-8-17(14-16)29-3/h4,6-8,14,20H,1,5,9-13,15H2,2-3H3,(H2,23,24,28)/t20-/m1/s1. The van der Waals surface area contributed by atoms with Gasteiger partial charge >= 0.3 is 12.0 Å². The second-order valence-corrected chi connectivity index (χ2v) is 7.29. The number of hydrogen-bond donors (Lipinski definition) is 2. The molecule has 1 fully saturated rings. The lowest BCUT2D eigenvalue weighted by atomic mass is 9.94. The van der Waals surface area contributed by atoms with Crippen LogP contribution in [0.5, 0.6) is 5.75 Å². The molecule has 162 valence electrons. The van der Waals surface area contributed by atoms with Gasteiger partial charge in [0.2, 0.25) is 0 Å². The number of hydrogen-bond acceptors (Lipinski definition) is 6. The van der Waals surface area contributed by atoms with Crippen molar-refractivity contribution < 1.29 is 19.1 Å². The molecule has 0 radical (unpaired) electrons. The van der Waals surface area contributed by atoms with Gasteiger partial charge in [0.15, 0.2) is 0 Å². The van der Waals surface area contributed by atoms with Crippen LogP contribution in [0.3, 0.4) is 0 Å². The molecule has 2 N–H and O–H groups in total. The number of piperazine rings is 1. The molecule has 8 heteroatoms. The van der Waals surface area contributed by atoms with E-state index in [1.807, 2.05) is 30.3 Å². The zero-order chi connectivity index (χ0) is 21.5. The molecular weight excluding hydrogens is 384 g/mol. The zero-order valence-electron chi connectivity index (χ0n) is 17.6. The average Bonchev–Trinajstić information content (AvgIpc) is 2.75. The van der Waals surface area contributed by atoms with Crippen LogP contribution in [0.25, 0.3) is 0 Å². The minimum Gasteiger partial charge on any atom is -0.497 e. The Balaban J connectivity index is 1.89. The van der Waals surface area contributed by atoms with Crippen molar-refractivity contribution in [1.82, 2.24) is 20.4 Å². The molecule has 2 amide bonds. The van der Waals surface area contributed by atoms with Crippen molar-refractivity contribution in [3.63, 3.8) is 0 Å². The van der Waals surface area contributed by atoms with E-state index in [2.05, 4.69) is 27.0 Å². The van der Waals surface area contributed by atoms with Crippen LogP contribution >= 0.6 is 0 Å². The topological polar surface area (TPSA) is 83.1 Å². The van der Waals surface area contributed by atoms with Gasteiger partial charge in [0.25, 0.3) is 0 Å². The van der Waals surface area contributed by atoms with Gasteiger partial charge in [0, 0.05) is 45.0 Å². The molecule has 0 saturated carbocycles. The number of urea groups is 1. The fourth-order valence-electron chi connectivity index (χ4n) is 3.80. The van der Waals surface area contributed by atoms with E-state index >= 15 is 0 Å². The van der Waals surface area contributed by atoms with Gasteiger partial charge in [-0.2, -0.15) is 0 Å². The number of benzene rings is 1. The smallest absolute Gasteiger partial charge is 0.338 e. The molecule has 1 aromatic carbocycles. The van der Waals surface area contributed by atoms with E-state index < -0.39 is 12.0 Å². The summed E-state index contributed by atoms with van der Waals surface area (Å²) in [6.45, 7) is 10.7. The highest BCUT2D eigenvalue weighted by molar-refractivity contribution is 5.95. The number of nitrogens with zero attached hydrogens (tertiary/aromatic N) is 2. The van der Waals surface area contributed by atoms with E-state index in [0.29, 0.717) is 23.6 Å². The van der Waals surface area contributed by atoms with Crippen molar-refractivity contribution in [3.8, 4) is 5.75 Å². The lowest BCUT2D eigenvalue weighted by Crippen LogP contribution is -2.51. The molecule has 3 rings (SSSR count). The third kappa shape index (κ3) is 5.20. The highest BCUT2D eigenvalue weighted by Gasteiger charge is 2.34. The second kappa shape index (κ2) is 10.3. The van der Waals surface area contributed by atoms with Gasteiger partial charge in [-0.1, -0.05) is 18.2 Å². The van der Waals surface area contributed by atoms with Crippen molar-refractivity contribution in [3.05, 3.63) is 53.8 Å². The Morgan fingerprint density at radius 3 is 2.67 bits per heavy atom. The summed E-state index contributed by atoms with van der Waals surface area (Å²) in [6.07, 6.45) is 1.91. The maximum absolute atomic E-state index is 12.9. The maximum Gasteiger partial charge on any atom is 0.338 e. The quantitative estimate of drug-likeness (QED) is 0.497. The van der Waals surface area contributed by atoms with Gasteiger partial charge in [-0.05, 0) is 24.6 Å². The molecule has 1 atom stereocenters. The van der Waals surface area contributed by atoms with E-state index in [-0.39, 0.29) is 12.6 Å². The summed E-state index contributed by atoms with van der Waals surface area (Å²) in [4.78, 5) is 29.9. The van der Waals surface area contributed by atoms with Crippen LogP contribution in [-0.2, 0) is 9.53 Å². The predicted octanol–water partition coefficient (Wildman–Crippen LogP) is 1.67. The summed E-state index contributed by atoms with van der Waals surface area (Å²) in [7, 11) is 1.58. The number of esters is 1. The van der Waals surface area contributed by atoms with Crippen LogP contribution in [0.2, 0.25) is 0 Å². The van der Waals surface area contributed by atoms with E-state index in [9.17, 15) is 9.59 Å². The Morgan fingerprint density at radius 1 is 1.27 bits per heavy atom. The third-order valence-electron chi connectivity index (χ3n) is 5.31. The van der Waals surface area contributed by atoms with Crippen LogP contribution in [0, 0.1) is 0 Å². The summed E-state index contributed by atoms with van der Waals surface area (Å²) < 4.78 is 10.6. The van der Waals surface area contributed by atoms with Crippen molar-refractivity contribution >= 4 is 12.0 Å². The molecule has 2 aliphatic rings. The minimum atomic E-state index is -0.607. The number of carbonyl (C=O) groups excluding carboxylic acids is 2. The fraction of sp³-hybridized carbons (Fsp3) is 0.455. The molecule has 30 heavy (non-hydrogen) atoms. The summed E-state index contributed by atoms with van der Waals surface area (Å²) >= 11 is 0. The van der Waals surface area contributed by atoms with E-state index in [1.165, 1.54) is 0 Å². The summed E-state index contributed by atoms with van der Waals surface area (Å²) in [5, 5.41) is 5.71. The summed E-state index contributed by atoms with van der Waals surface area (Å²) in [5.41, 5.74) is 1.78. The van der Waals surface area contributed by atoms with Crippen LogP contribution in [0.4, 0.5) is 4.79 Å². The molecular formula is C22H30N4O4. The van der Waals surface area contributed by atoms with Crippen LogP contribution < -0.4 is 15.4 Å². The number of methoxy groups -OCH3 is 1. The van der Waals surface area contributed by atoms with Gasteiger partial charge in [0.05, 0.1) is 25.3 Å². The largest absolute Gasteiger partial charge is 0.497 e. The highest BCUT2D eigenvalue weighted by atomic mass is 16.5. The molecule has 1 aromatic rings. The molecule has 0 unspecified atom stereocenters. The van der Waals surface area contributed by atoms with Gasteiger partial charge in [0.1, 0.15) is 5.75 Å². The lowest BCUT2D eigenvalue weighted by Gasteiger charge is -2.36. The van der Waals surface area contributed by atoms with Crippen LogP contribution in [0.1, 0.15) is 18.5 Å². The first-order valence-corrected chi connectivity index (χ1v) is 10.2. The van der Waals surface area contributed by atoms with Gasteiger partial charge in [-0.15, -0.1) is 6.58 Å². The zero-order valence-corrected chi connectivity index (χ0v) is 17.6. The summed E-state index contributed by atoms with van der Waals surface area (Å²) in [5.74, 6) is 0.224. The number of nitrogens with one attached hydrogen (secondary N) is 2. The Morgan fingerprint density at radius 2 is 2.00 bits per heavy atom. The molecule has 0 bridgehead atoms. The number of ether oxygens (including phenoxy) is 2. The first-order chi connectivity index (χ1) is 14.5. The molecule has 0 aliphatic carbocycles. The first-order valence-electron chi connectivity index (χ1n) is 10.2. The Labute approximate surface area is 177 Å². The van der Waals surface area contributed by atoms with Crippen molar-refractivity contribution in [2.24, 2.45) is 0 Å². The molecule has 2 aliphatic heterocycles. The molecule has 1 saturated heterocycles. The second-order valence-electron chi connectivity index (χ2n) is 7.29. The predicted molar refractivity (Wildman–Crippen MR) is 114 cm³/mol. The van der Waals surface area contributed by atoms with Gasteiger partial charge in [-0.3, -0.25) is 9.80 Å². The van der Waals surface area contributed by atoms with Crippen molar-refractivity contribution in [2.75, 3.05) is 53.0 Å². The maximum atomic E-state index is 12.9. The van der Waals surface area contributed by atoms with Crippen LogP contribution in [0.15, 0.2) is 48.2 Å². The van der Waals surface area contributed by atoms with Crippen molar-refractivity contribution in [1.29, 1.82) is 0 Å². The van der Waals surface area contributed by atoms with Gasteiger partial charge < -0.3 is 20.1 Å². The fourth-order valence-corrected chi connectivity index (χ4v) is 3.80. The molecule has 2 heterocycles. The number of rotatable bonds is 8. The lowest BCUT2D eigenvalue weighted by molar-refractivity contribution is -0.139. The van der Waals surface area contributed by atoms with Gasteiger partial charge in [-0.25, -0.2) is 9.59 Å². The monoisotopic (exact) mass is 414 g/mol. The van der Waals surface area contributed by atoms with E-state index in [1.54, 1.807) is 14.0 Å². The van der Waals surface area contributed by atoms with E-state index in [4.69, 9.17) is 9.47 Å². The normalized spacial score (nSPS) is 20.3. The number of amides is 2. The molecule has 0 spiro atoms. The highest BCUT2D eigenvalue weighted by Crippen LogP contribution is 2.30. The Kier molecular flexibility index (Phi) is 7.48. The molecule has 0 aromatic heterocycles. The van der Waals surface area contributed by atoms with Crippen molar-refractivity contribution in [2.45, 2.75) is 13.0 Å². The SMILES string of the molecule is C=CCN1CCN(CC2=C(C(=O)OCC)[C@@H](c3cccc(OC)c3)NC(=O)N2)CC1. The van der Waals surface area contributed by atoms with Crippen LogP contribution in [-0.4, -0.2) is 74.8 Å². The Hall–Kier alpha value is -2.84.